The number of allylic oxidation sites excluding steroid dienone is 4. The van der Waals surface area contributed by atoms with E-state index in [2.05, 4.69) is 12.6 Å². The Morgan fingerprint density at radius 3 is 2.81 bits per heavy atom. The number of aryl methyl sites for hydroxylation is 1. The van der Waals surface area contributed by atoms with E-state index in [-0.39, 0.29) is 0 Å². The molecule has 0 amide bonds. The molecule has 1 unspecified atom stereocenters. The molecule has 0 saturated carbocycles. The van der Waals surface area contributed by atoms with Crippen LogP contribution in [0.15, 0.2) is 60.7 Å². The smallest absolute Gasteiger partial charge is 0.101 e. The van der Waals surface area contributed by atoms with Gasteiger partial charge in [0.15, 0.2) is 0 Å². The van der Waals surface area contributed by atoms with Gasteiger partial charge in [0.1, 0.15) is 6.10 Å². The van der Waals surface area contributed by atoms with Gasteiger partial charge in [-0.3, -0.25) is 0 Å². The van der Waals surface area contributed by atoms with Gasteiger partial charge in [-0.25, -0.2) is 0 Å². The van der Waals surface area contributed by atoms with E-state index in [1.54, 1.807) is 6.08 Å². The molecule has 1 N–H and O–H groups in total. The molecule has 0 saturated heterocycles. The summed E-state index contributed by atoms with van der Waals surface area (Å²) in [6, 6.07) is 8.10. The lowest BCUT2D eigenvalue weighted by Gasteiger charge is -2.24. The van der Waals surface area contributed by atoms with Gasteiger partial charge in [0.25, 0.3) is 0 Å². The number of benzene rings is 1. The van der Waals surface area contributed by atoms with Crippen LogP contribution in [0, 0.1) is 0 Å². The van der Waals surface area contributed by atoms with Gasteiger partial charge in [0.05, 0.1) is 0 Å². The molecule has 0 heterocycles. The molecule has 0 bridgehead atoms. The van der Waals surface area contributed by atoms with Gasteiger partial charge < -0.3 is 5.11 Å². The second-order valence-electron chi connectivity index (χ2n) is 3.96. The van der Waals surface area contributed by atoms with Crippen LogP contribution in [0.3, 0.4) is 0 Å². The van der Waals surface area contributed by atoms with Gasteiger partial charge in [0.2, 0.25) is 0 Å². The van der Waals surface area contributed by atoms with Crippen molar-refractivity contribution in [2.75, 3.05) is 0 Å². The van der Waals surface area contributed by atoms with Crippen LogP contribution in [0.1, 0.15) is 23.7 Å². The van der Waals surface area contributed by atoms with Crippen molar-refractivity contribution in [3.05, 3.63) is 71.8 Å². The Morgan fingerprint density at radius 1 is 1.19 bits per heavy atom. The maximum atomic E-state index is 10.2. The van der Waals surface area contributed by atoms with Crippen molar-refractivity contribution in [2.24, 2.45) is 0 Å². The van der Waals surface area contributed by atoms with Gasteiger partial charge in [-0.1, -0.05) is 55.1 Å². The first-order chi connectivity index (χ1) is 7.83. The average molecular weight is 212 g/mol. The molecule has 1 aromatic rings. The molecule has 2 rings (SSSR count). The number of hydrogen-bond acceptors (Lipinski definition) is 1. The van der Waals surface area contributed by atoms with Crippen molar-refractivity contribution in [3.8, 4) is 0 Å². The van der Waals surface area contributed by atoms with Crippen molar-refractivity contribution < 1.29 is 5.11 Å². The molecule has 1 heteroatoms. The van der Waals surface area contributed by atoms with E-state index in [4.69, 9.17) is 0 Å². The van der Waals surface area contributed by atoms with Gasteiger partial charge in [-0.2, -0.15) is 0 Å². The maximum Gasteiger partial charge on any atom is 0.101 e. The minimum absolute atomic E-state index is 0.445. The number of aliphatic hydroxyl groups is 1. The highest BCUT2D eigenvalue weighted by atomic mass is 16.3. The third kappa shape index (κ3) is 2.15. The minimum atomic E-state index is -0.445. The predicted molar refractivity (Wildman–Crippen MR) is 67.1 cm³/mol. The van der Waals surface area contributed by atoms with Gasteiger partial charge in [-0.05, 0) is 29.5 Å². The summed E-state index contributed by atoms with van der Waals surface area (Å²) in [6.45, 7) is 3.62. The van der Waals surface area contributed by atoms with Crippen LogP contribution in [0.4, 0.5) is 0 Å². The standard InChI is InChI=1S/C15H16O/c1-2-3-4-8-13-11-10-12-7-5-6-9-14(12)15(13)16/h2-9,15-16H,1,10-11H2/b4-3-,13-8+. The normalized spacial score (nSPS) is 22.3. The molecule has 0 radical (unpaired) electrons. The van der Waals surface area contributed by atoms with E-state index in [1.165, 1.54) is 5.56 Å². The Hall–Kier alpha value is -1.60. The van der Waals surface area contributed by atoms with Crippen LogP contribution < -0.4 is 0 Å². The summed E-state index contributed by atoms with van der Waals surface area (Å²) in [6.07, 6.45) is 9.03. The summed E-state index contributed by atoms with van der Waals surface area (Å²) in [4.78, 5) is 0. The Balaban J connectivity index is 2.27. The molecule has 0 aliphatic heterocycles. The van der Waals surface area contributed by atoms with E-state index in [1.807, 2.05) is 36.4 Å². The summed E-state index contributed by atoms with van der Waals surface area (Å²) in [7, 11) is 0. The number of fused-ring (bicyclic) bond motifs is 1. The summed E-state index contributed by atoms with van der Waals surface area (Å²) in [5.41, 5.74) is 3.39. The first-order valence-corrected chi connectivity index (χ1v) is 5.57. The quantitative estimate of drug-likeness (QED) is 0.745. The SMILES string of the molecule is C=C/C=C\C=C1/CCc2ccccc2C1O. The second-order valence-corrected chi connectivity index (χ2v) is 3.96. The van der Waals surface area contributed by atoms with Crippen LogP contribution in [0.25, 0.3) is 0 Å². The lowest BCUT2D eigenvalue weighted by atomic mass is 9.85. The number of hydrogen-bond donors (Lipinski definition) is 1. The fourth-order valence-corrected chi connectivity index (χ4v) is 2.08. The van der Waals surface area contributed by atoms with Crippen molar-refractivity contribution in [2.45, 2.75) is 18.9 Å². The topological polar surface area (TPSA) is 20.2 Å². The van der Waals surface area contributed by atoms with E-state index >= 15 is 0 Å². The molecule has 16 heavy (non-hydrogen) atoms. The predicted octanol–water partition coefficient (Wildman–Crippen LogP) is 3.33. The molecule has 0 fully saturated rings. The van der Waals surface area contributed by atoms with Crippen molar-refractivity contribution >= 4 is 0 Å². The maximum absolute atomic E-state index is 10.2. The van der Waals surface area contributed by atoms with Crippen LogP contribution in [0.2, 0.25) is 0 Å². The fourth-order valence-electron chi connectivity index (χ4n) is 2.08. The monoisotopic (exact) mass is 212 g/mol. The minimum Gasteiger partial charge on any atom is -0.384 e. The zero-order valence-electron chi connectivity index (χ0n) is 9.26. The highest BCUT2D eigenvalue weighted by Gasteiger charge is 2.20. The molecule has 1 nitrogen and oxygen atoms in total. The highest BCUT2D eigenvalue weighted by Crippen LogP contribution is 2.33. The summed E-state index contributed by atoms with van der Waals surface area (Å²) < 4.78 is 0. The summed E-state index contributed by atoms with van der Waals surface area (Å²) in [5, 5.41) is 10.2. The fraction of sp³-hybridized carbons (Fsp3) is 0.200. The lowest BCUT2D eigenvalue weighted by molar-refractivity contribution is 0.205. The van der Waals surface area contributed by atoms with Crippen LogP contribution in [-0.2, 0) is 6.42 Å². The molecule has 1 aliphatic rings. The molecular weight excluding hydrogens is 196 g/mol. The van der Waals surface area contributed by atoms with Crippen molar-refractivity contribution in [1.82, 2.24) is 0 Å². The Morgan fingerprint density at radius 2 is 2.00 bits per heavy atom. The average Bonchev–Trinajstić information content (AvgIpc) is 2.33. The molecular formula is C15H16O. The Labute approximate surface area is 96.4 Å². The van der Waals surface area contributed by atoms with E-state index in [0.717, 1.165) is 24.0 Å². The van der Waals surface area contributed by atoms with Crippen molar-refractivity contribution in [3.63, 3.8) is 0 Å². The van der Waals surface area contributed by atoms with Gasteiger partial charge >= 0.3 is 0 Å². The van der Waals surface area contributed by atoms with Gasteiger partial charge in [0, 0.05) is 0 Å². The second kappa shape index (κ2) is 4.95. The number of rotatable bonds is 2. The van der Waals surface area contributed by atoms with E-state index in [0.29, 0.717) is 0 Å². The zero-order valence-corrected chi connectivity index (χ0v) is 9.26. The molecule has 0 spiro atoms. The molecule has 1 atom stereocenters. The van der Waals surface area contributed by atoms with Gasteiger partial charge in [-0.15, -0.1) is 0 Å². The highest BCUT2D eigenvalue weighted by molar-refractivity contribution is 5.39. The first-order valence-electron chi connectivity index (χ1n) is 5.57. The summed E-state index contributed by atoms with van der Waals surface area (Å²) >= 11 is 0. The zero-order chi connectivity index (χ0) is 11.4. The Bertz CT molecular complexity index is 441. The third-order valence-corrected chi connectivity index (χ3v) is 2.94. The Kier molecular flexibility index (Phi) is 3.37. The van der Waals surface area contributed by atoms with Crippen LogP contribution >= 0.6 is 0 Å². The molecule has 1 aromatic carbocycles. The van der Waals surface area contributed by atoms with Crippen molar-refractivity contribution in [1.29, 1.82) is 0 Å². The summed E-state index contributed by atoms with van der Waals surface area (Å²) in [5.74, 6) is 0. The first kappa shape index (κ1) is 10.9. The molecule has 1 aliphatic carbocycles. The number of aliphatic hydroxyl groups excluding tert-OH is 1. The molecule has 82 valence electrons. The van der Waals surface area contributed by atoms with Crippen LogP contribution in [-0.4, -0.2) is 5.11 Å². The third-order valence-electron chi connectivity index (χ3n) is 2.94. The van der Waals surface area contributed by atoms with E-state index in [9.17, 15) is 5.11 Å². The largest absolute Gasteiger partial charge is 0.384 e. The van der Waals surface area contributed by atoms with E-state index < -0.39 is 6.10 Å². The molecule has 0 aromatic heterocycles. The lowest BCUT2D eigenvalue weighted by Crippen LogP contribution is -2.11. The van der Waals surface area contributed by atoms with Crippen LogP contribution in [0.5, 0.6) is 0 Å².